The van der Waals surface area contributed by atoms with Gasteiger partial charge in [0.2, 0.25) is 0 Å². The molecule has 146 valence electrons. The Balaban J connectivity index is 1.29. The summed E-state index contributed by atoms with van der Waals surface area (Å²) < 4.78 is 5.91. The molecule has 0 aliphatic heterocycles. The van der Waals surface area contributed by atoms with Crippen molar-refractivity contribution in [2.75, 3.05) is 13.2 Å². The number of hydrogen-bond acceptors (Lipinski definition) is 5. The van der Waals surface area contributed by atoms with Crippen LogP contribution in [0.3, 0.4) is 0 Å². The highest BCUT2D eigenvalue weighted by atomic mass is 16.5. The van der Waals surface area contributed by atoms with Gasteiger partial charge in [-0.15, -0.1) is 0 Å². The molecule has 0 atom stereocenters. The van der Waals surface area contributed by atoms with Gasteiger partial charge in [-0.25, -0.2) is 4.98 Å². The molecule has 7 heteroatoms. The van der Waals surface area contributed by atoms with Gasteiger partial charge in [-0.2, -0.15) is 0 Å². The maximum absolute atomic E-state index is 12.1. The highest BCUT2D eigenvalue weighted by Crippen LogP contribution is 2.20. The number of nitrogens with zero attached hydrogens (tertiary/aromatic N) is 2. The van der Waals surface area contributed by atoms with Gasteiger partial charge in [0.05, 0.1) is 31.1 Å². The van der Waals surface area contributed by atoms with E-state index in [1.165, 1.54) is 32.1 Å². The molecular weight excluding hydrogens is 342 g/mol. The molecule has 3 N–H and O–H groups in total. The molecule has 1 aliphatic rings. The Morgan fingerprint density at radius 1 is 1.19 bits per heavy atom. The summed E-state index contributed by atoms with van der Waals surface area (Å²) in [7, 11) is 0. The highest BCUT2D eigenvalue weighted by Gasteiger charge is 2.13. The number of amides is 1. The van der Waals surface area contributed by atoms with Crippen molar-refractivity contribution in [2.24, 2.45) is 0 Å². The fourth-order valence-corrected chi connectivity index (χ4v) is 3.22. The number of rotatable bonds is 10. The second-order valence-electron chi connectivity index (χ2n) is 6.91. The second-order valence-corrected chi connectivity index (χ2v) is 6.91. The third kappa shape index (κ3) is 6.77. The Morgan fingerprint density at radius 3 is 2.89 bits per heavy atom. The summed E-state index contributed by atoms with van der Waals surface area (Å²) >= 11 is 0. The van der Waals surface area contributed by atoms with E-state index >= 15 is 0 Å². The Hall–Kier alpha value is -2.25. The van der Waals surface area contributed by atoms with Crippen molar-refractivity contribution in [3.8, 4) is 0 Å². The molecule has 27 heavy (non-hydrogen) atoms. The van der Waals surface area contributed by atoms with Gasteiger partial charge >= 0.3 is 0 Å². The van der Waals surface area contributed by atoms with Crippen LogP contribution in [0.5, 0.6) is 0 Å². The van der Waals surface area contributed by atoms with Crippen LogP contribution in [-0.2, 0) is 17.8 Å². The Bertz CT molecular complexity index is 683. The number of hydrogen-bond donors (Lipinski definition) is 3. The largest absolute Gasteiger partial charge is 0.378 e. The molecule has 0 spiro atoms. The molecule has 0 aromatic carbocycles. The summed E-state index contributed by atoms with van der Waals surface area (Å²) in [5.74, 6) is 0.575. The number of carbonyl (C=O) groups excluding carboxylic acids is 1. The summed E-state index contributed by atoms with van der Waals surface area (Å²) in [6.45, 7) is 2.68. The monoisotopic (exact) mass is 371 g/mol. The number of carbonyl (C=O) groups is 1. The number of pyridine rings is 1. The van der Waals surface area contributed by atoms with Crippen LogP contribution in [0.4, 0.5) is 0 Å². The van der Waals surface area contributed by atoms with E-state index in [1.807, 2.05) is 18.2 Å². The first-order chi connectivity index (χ1) is 13.3. The minimum absolute atomic E-state index is 0.180. The molecule has 2 aromatic heterocycles. The molecular formula is C20H29N5O2. The predicted octanol–water partition coefficient (Wildman–Crippen LogP) is 2.56. The van der Waals surface area contributed by atoms with Crippen molar-refractivity contribution in [1.82, 2.24) is 25.6 Å². The van der Waals surface area contributed by atoms with Crippen molar-refractivity contribution >= 4 is 5.91 Å². The summed E-state index contributed by atoms with van der Waals surface area (Å²) in [5, 5.41) is 6.17. The zero-order valence-corrected chi connectivity index (χ0v) is 15.7. The maximum Gasteiger partial charge on any atom is 0.269 e. The molecule has 0 saturated heterocycles. The van der Waals surface area contributed by atoms with E-state index in [-0.39, 0.29) is 5.91 Å². The van der Waals surface area contributed by atoms with Gasteiger partial charge < -0.3 is 20.4 Å². The summed E-state index contributed by atoms with van der Waals surface area (Å²) in [6.07, 6.45) is 11.1. The number of aromatic nitrogens is 3. The molecule has 1 aliphatic carbocycles. The van der Waals surface area contributed by atoms with Gasteiger partial charge in [0, 0.05) is 12.8 Å². The highest BCUT2D eigenvalue weighted by molar-refractivity contribution is 5.92. The first kappa shape index (κ1) is 19.5. The SMILES string of the molecule is O=C(NCc1ccccn1)c1cnc(CNCCCOC2CCCCC2)[nH]1. The van der Waals surface area contributed by atoms with Crippen LogP contribution >= 0.6 is 0 Å². The van der Waals surface area contributed by atoms with Crippen molar-refractivity contribution in [1.29, 1.82) is 0 Å². The van der Waals surface area contributed by atoms with Crippen LogP contribution in [0.2, 0.25) is 0 Å². The summed E-state index contributed by atoms with van der Waals surface area (Å²) in [6, 6.07) is 5.62. The normalized spacial score (nSPS) is 15.0. The third-order valence-corrected chi connectivity index (χ3v) is 4.73. The zero-order valence-electron chi connectivity index (χ0n) is 15.7. The number of imidazole rings is 1. The van der Waals surface area contributed by atoms with Gasteiger partial charge in [0.1, 0.15) is 11.5 Å². The van der Waals surface area contributed by atoms with Gasteiger partial charge in [-0.3, -0.25) is 9.78 Å². The standard InChI is InChI=1S/C20H29N5O2/c26-20(24-13-16-7-4-5-11-22-16)18-14-23-19(25-18)15-21-10-6-12-27-17-8-2-1-3-9-17/h4-5,7,11,14,17,21H,1-3,6,8-10,12-13,15H2,(H,23,25)(H,24,26). The smallest absolute Gasteiger partial charge is 0.269 e. The molecule has 2 heterocycles. The number of aromatic amines is 1. The maximum atomic E-state index is 12.1. The topological polar surface area (TPSA) is 91.9 Å². The lowest BCUT2D eigenvalue weighted by Crippen LogP contribution is -2.24. The lowest BCUT2D eigenvalue weighted by atomic mass is 9.98. The molecule has 1 fully saturated rings. The molecule has 0 unspecified atom stereocenters. The van der Waals surface area contributed by atoms with Crippen LogP contribution in [0.15, 0.2) is 30.6 Å². The predicted molar refractivity (Wildman–Crippen MR) is 103 cm³/mol. The summed E-state index contributed by atoms with van der Waals surface area (Å²) in [5.41, 5.74) is 1.28. The number of H-pyrrole nitrogens is 1. The third-order valence-electron chi connectivity index (χ3n) is 4.73. The molecule has 1 amide bonds. The minimum Gasteiger partial charge on any atom is -0.378 e. The molecule has 0 radical (unpaired) electrons. The number of nitrogens with one attached hydrogen (secondary N) is 3. The Morgan fingerprint density at radius 2 is 2.07 bits per heavy atom. The van der Waals surface area contributed by atoms with E-state index in [4.69, 9.17) is 4.74 Å². The van der Waals surface area contributed by atoms with E-state index < -0.39 is 0 Å². The Labute approximate surface area is 160 Å². The average molecular weight is 371 g/mol. The first-order valence-electron chi connectivity index (χ1n) is 9.85. The molecule has 0 bridgehead atoms. The van der Waals surface area contributed by atoms with Crippen molar-refractivity contribution in [3.63, 3.8) is 0 Å². The quantitative estimate of drug-likeness (QED) is 0.558. The number of ether oxygens (including phenoxy) is 1. The minimum atomic E-state index is -0.180. The Kier molecular flexibility index (Phi) is 7.80. The average Bonchev–Trinajstić information content (AvgIpc) is 3.19. The van der Waals surface area contributed by atoms with Crippen LogP contribution in [-0.4, -0.2) is 40.1 Å². The second kappa shape index (κ2) is 10.8. The van der Waals surface area contributed by atoms with Crippen LogP contribution in [0.1, 0.15) is 60.5 Å². The van der Waals surface area contributed by atoms with Crippen LogP contribution in [0.25, 0.3) is 0 Å². The lowest BCUT2D eigenvalue weighted by molar-refractivity contribution is 0.0273. The molecule has 3 rings (SSSR count). The van der Waals surface area contributed by atoms with E-state index in [9.17, 15) is 4.79 Å². The first-order valence-corrected chi connectivity index (χ1v) is 9.85. The molecule has 7 nitrogen and oxygen atoms in total. The van der Waals surface area contributed by atoms with E-state index in [1.54, 1.807) is 12.4 Å². The summed E-state index contributed by atoms with van der Waals surface area (Å²) in [4.78, 5) is 23.6. The van der Waals surface area contributed by atoms with Gasteiger partial charge in [-0.1, -0.05) is 25.3 Å². The van der Waals surface area contributed by atoms with Gasteiger partial charge in [-0.05, 0) is 37.9 Å². The van der Waals surface area contributed by atoms with E-state index in [2.05, 4.69) is 25.6 Å². The zero-order chi connectivity index (χ0) is 18.7. The molecule has 1 saturated carbocycles. The van der Waals surface area contributed by atoms with Gasteiger partial charge in [0.15, 0.2) is 0 Å². The van der Waals surface area contributed by atoms with E-state index in [0.717, 1.165) is 31.1 Å². The van der Waals surface area contributed by atoms with E-state index in [0.29, 0.717) is 24.9 Å². The molecule has 2 aromatic rings. The van der Waals surface area contributed by atoms with Crippen molar-refractivity contribution < 1.29 is 9.53 Å². The van der Waals surface area contributed by atoms with Crippen LogP contribution in [0, 0.1) is 0 Å². The lowest BCUT2D eigenvalue weighted by Gasteiger charge is -2.21. The van der Waals surface area contributed by atoms with Crippen LogP contribution < -0.4 is 10.6 Å². The fraction of sp³-hybridized carbons (Fsp3) is 0.550. The van der Waals surface area contributed by atoms with Crippen molar-refractivity contribution in [3.05, 3.63) is 47.8 Å². The van der Waals surface area contributed by atoms with Crippen molar-refractivity contribution in [2.45, 2.75) is 57.7 Å². The fourth-order valence-electron chi connectivity index (χ4n) is 3.22. The van der Waals surface area contributed by atoms with Gasteiger partial charge in [0.25, 0.3) is 5.91 Å².